The number of hydrogen-bond acceptors (Lipinski definition) is 1. The van der Waals surface area contributed by atoms with Crippen molar-refractivity contribution in [3.63, 3.8) is 0 Å². The second-order valence-corrected chi connectivity index (χ2v) is 40.1. The van der Waals surface area contributed by atoms with Gasteiger partial charge in [-0.3, -0.25) is 0 Å². The van der Waals surface area contributed by atoms with Crippen LogP contribution in [0, 0.1) is 41.5 Å². The molecular formula is C132H141N9O+6. The fraction of sp³-hybridized carbons (Fsp3) is 0.227. The molecule has 0 atom stereocenters. The summed E-state index contributed by atoms with van der Waals surface area (Å²) in [5.41, 5.74) is 37.2. The molecule has 0 bridgehead atoms. The molecule has 0 radical (unpaired) electrons. The summed E-state index contributed by atoms with van der Waals surface area (Å²) in [6.07, 6.45) is 17.4. The van der Waals surface area contributed by atoms with E-state index in [-0.39, 0.29) is 0 Å². The number of aryl methyl sites for hydroxylation is 12. The summed E-state index contributed by atoms with van der Waals surface area (Å²) in [5.74, 6) is 6.09. The maximum absolute atomic E-state index is 6.50. The molecule has 0 unspecified atom stereocenters. The van der Waals surface area contributed by atoms with Gasteiger partial charge in [-0.25, -0.2) is 22.8 Å². The summed E-state index contributed by atoms with van der Waals surface area (Å²) in [6, 6.07) is 119. The first kappa shape index (κ1) is 99.7. The zero-order valence-electron chi connectivity index (χ0n) is 87.8. The van der Waals surface area contributed by atoms with Gasteiger partial charge in [-0.05, 0) is 217 Å². The number of para-hydroxylation sites is 3. The molecule has 7 heterocycles. The molecule has 10 heteroatoms. The Morgan fingerprint density at radius 3 is 1.10 bits per heavy atom. The summed E-state index contributed by atoms with van der Waals surface area (Å²) in [6.45, 7) is 40.5. The van der Waals surface area contributed by atoms with E-state index in [2.05, 4.69) is 585 Å². The van der Waals surface area contributed by atoms with Gasteiger partial charge in [0.25, 0.3) is 17.5 Å². The van der Waals surface area contributed by atoms with Gasteiger partial charge in [-0.2, -0.15) is 18.3 Å². The van der Waals surface area contributed by atoms with Gasteiger partial charge in [-0.15, -0.1) is 0 Å². The van der Waals surface area contributed by atoms with E-state index in [0.717, 1.165) is 11.2 Å². The van der Waals surface area contributed by atoms with Crippen LogP contribution in [0.1, 0.15) is 185 Å². The van der Waals surface area contributed by atoms with Crippen LogP contribution in [-0.2, 0) is 42.3 Å². The van der Waals surface area contributed by atoms with Crippen LogP contribution in [0.3, 0.4) is 0 Å². The van der Waals surface area contributed by atoms with E-state index in [1.165, 1.54) is 206 Å². The number of furan rings is 1. The first-order valence-corrected chi connectivity index (χ1v) is 50.5. The van der Waals surface area contributed by atoms with E-state index in [1.54, 1.807) is 0 Å². The lowest BCUT2D eigenvalue weighted by Crippen LogP contribution is -2.32. The molecule has 142 heavy (non-hydrogen) atoms. The predicted molar refractivity (Wildman–Crippen MR) is 594 cm³/mol. The summed E-state index contributed by atoms with van der Waals surface area (Å²) in [5, 5.41) is 8.83. The van der Waals surface area contributed by atoms with Crippen molar-refractivity contribution in [1.29, 1.82) is 0 Å². The third kappa shape index (κ3) is 21.0. The van der Waals surface area contributed by atoms with Gasteiger partial charge in [0, 0.05) is 95.9 Å². The third-order valence-electron chi connectivity index (χ3n) is 28.0. The number of benzene rings is 14. The van der Waals surface area contributed by atoms with E-state index in [1.807, 2.05) is 6.07 Å². The van der Waals surface area contributed by atoms with Crippen LogP contribution < -0.4 is 27.4 Å². The minimum Gasteiger partial charge on any atom is -0.456 e. The molecule has 0 saturated heterocycles. The molecule has 0 aliphatic rings. The van der Waals surface area contributed by atoms with Crippen molar-refractivity contribution in [1.82, 2.24) is 13.7 Å². The molecule has 7 aromatic heterocycles. The predicted octanol–water partition coefficient (Wildman–Crippen LogP) is 31.1. The normalized spacial score (nSPS) is 11.3. The highest BCUT2D eigenvalue weighted by atomic mass is 16.3. The minimum absolute atomic E-state index is 0.309. The van der Waals surface area contributed by atoms with Gasteiger partial charge in [0.2, 0.25) is 22.6 Å². The lowest BCUT2D eigenvalue weighted by molar-refractivity contribution is -0.659. The van der Waals surface area contributed by atoms with Gasteiger partial charge < -0.3 is 4.42 Å². The Hall–Kier alpha value is -15.3. The zero-order valence-corrected chi connectivity index (χ0v) is 87.8. The maximum atomic E-state index is 6.50. The van der Waals surface area contributed by atoms with Gasteiger partial charge in [0.15, 0.2) is 12.4 Å². The monoisotopic (exact) mass is 1870 g/mol. The number of fused-ring (bicyclic) bond motifs is 6. The average molecular weight is 1870 g/mol. The Morgan fingerprint density at radius 1 is 0.246 bits per heavy atom. The topological polar surface area (TPSA) is 51.2 Å². The number of rotatable bonds is 16. The van der Waals surface area contributed by atoms with Crippen molar-refractivity contribution in [2.75, 3.05) is 0 Å². The van der Waals surface area contributed by atoms with Crippen LogP contribution in [0.25, 0.3) is 151 Å². The number of hydrogen-bond donors (Lipinski definition) is 0. The SMILES string of the molecule is Cc1ccccc1-c1c2ccccc2cc[n+]1C.Cc1ccccc1-c1cc2ccccc2c[n+]1C.Cc1ccccc1-c1ccc2ccccc2[n+]1C.Cc1ccccc1-c1n(-c2c(C(C)C)cc(-c3ccccc3)cc2C(C)C)cc[n+]1C.Cc1ccccc1-c1n(-c2c(C(C)C)cc3c(oc4ccccc43)c2C(C)C)cc[n+]1C.Cc1ccccc1-c1n(-c2c(C(C)C)cccc2C(C)C)cc[n+]1C. The summed E-state index contributed by atoms with van der Waals surface area (Å²) >= 11 is 0. The van der Waals surface area contributed by atoms with Gasteiger partial charge in [-0.1, -0.05) is 308 Å². The van der Waals surface area contributed by atoms with Gasteiger partial charge >= 0.3 is 0 Å². The highest BCUT2D eigenvalue weighted by molar-refractivity contribution is 6.07. The Balaban J connectivity index is 0.000000125. The lowest BCUT2D eigenvalue weighted by Gasteiger charge is -2.20. The quantitative estimate of drug-likeness (QED) is 0.0890. The highest BCUT2D eigenvalue weighted by Gasteiger charge is 2.34. The Bertz CT molecular complexity index is 7970. The van der Waals surface area contributed by atoms with E-state index >= 15 is 0 Å². The summed E-state index contributed by atoms with van der Waals surface area (Å²) in [4.78, 5) is 0. The van der Waals surface area contributed by atoms with E-state index in [0.29, 0.717) is 35.5 Å². The smallest absolute Gasteiger partial charge is 0.294 e. The Morgan fingerprint density at radius 2 is 0.627 bits per heavy atom. The summed E-state index contributed by atoms with van der Waals surface area (Å²) < 4.78 is 27.0. The number of aromatic nitrogens is 9. The minimum atomic E-state index is 0.309. The molecule has 0 spiro atoms. The molecule has 10 nitrogen and oxygen atoms in total. The van der Waals surface area contributed by atoms with Gasteiger partial charge in [0.05, 0.1) is 43.2 Å². The first-order chi connectivity index (χ1) is 68.5. The number of imidazole rings is 3. The molecule has 0 aliphatic carbocycles. The van der Waals surface area contributed by atoms with Crippen LogP contribution in [0.15, 0.2) is 388 Å². The standard InChI is InChI=1S/C29H31N2O.C29H33N2.C23H29N2.3C17H16N/c1-18(2)23-17-24-22-13-9-10-14-25(22)32-28(24)26(19(3)4)27(23)31-16-15-30(6)29(31)21-12-8-7-11-20(21)5;1-20(2)26-18-24(23-13-8-7-9-14-23)19-27(21(3)4)28(26)31-17-16-30(6)29(31)25-15-11-10-12-22(25)5;1-16(2)19-12-9-13-20(17(3)4)22(19)25-15-14-24(6)23(25)21-11-8-7-10-18(21)5;1-13-7-3-6-10-16(13)17-11-14-8-4-5-9-15(14)12-18(17)2;1-13-7-3-5-9-15(13)17-16-10-6-4-8-14(16)11-12-18(17)2;1-13-7-3-5-9-15(13)17-12-11-14-8-4-6-10-16(14)18(17)2/h7-19H,1-6H3;7-21H,1-6H3;7-17H,1-6H3;3*3-12H,1-2H3/q6*+1. The van der Waals surface area contributed by atoms with Crippen molar-refractivity contribution >= 4 is 54.4 Å². The van der Waals surface area contributed by atoms with E-state index in [9.17, 15) is 0 Å². The van der Waals surface area contributed by atoms with Crippen molar-refractivity contribution in [3.05, 3.63) is 450 Å². The van der Waals surface area contributed by atoms with E-state index in [4.69, 9.17) is 4.42 Å². The second kappa shape index (κ2) is 44.1. The zero-order chi connectivity index (χ0) is 100. The molecule has 0 amide bonds. The highest BCUT2D eigenvalue weighted by Crippen LogP contribution is 2.45. The molecule has 14 aromatic carbocycles. The van der Waals surface area contributed by atoms with Crippen LogP contribution in [0.4, 0.5) is 0 Å². The molecule has 21 aromatic rings. The third-order valence-corrected chi connectivity index (χ3v) is 28.0. The molecule has 0 N–H and O–H groups in total. The second-order valence-electron chi connectivity index (χ2n) is 40.1. The molecule has 0 fully saturated rings. The van der Waals surface area contributed by atoms with Crippen LogP contribution >= 0.6 is 0 Å². The Kier molecular flexibility index (Phi) is 30.9. The van der Waals surface area contributed by atoms with Gasteiger partial charge in [0.1, 0.15) is 86.6 Å². The van der Waals surface area contributed by atoms with Crippen molar-refractivity contribution in [2.45, 2.75) is 160 Å². The van der Waals surface area contributed by atoms with E-state index < -0.39 is 0 Å². The average Bonchev–Trinajstić information content (AvgIpc) is 1.57. The fourth-order valence-corrected chi connectivity index (χ4v) is 20.3. The summed E-state index contributed by atoms with van der Waals surface area (Å²) in [7, 11) is 12.7. The number of nitrogens with zero attached hydrogens (tertiary/aromatic N) is 9. The first-order valence-electron chi connectivity index (χ1n) is 50.5. The van der Waals surface area contributed by atoms with Crippen molar-refractivity contribution in [2.24, 2.45) is 42.3 Å². The fourth-order valence-electron chi connectivity index (χ4n) is 20.3. The molecule has 21 rings (SSSR count). The largest absolute Gasteiger partial charge is 0.456 e. The molecule has 0 saturated carbocycles. The van der Waals surface area contributed by atoms with Crippen LogP contribution in [-0.4, -0.2) is 13.7 Å². The molecule has 714 valence electrons. The molecule has 0 aliphatic heterocycles. The number of pyridine rings is 3. The Labute approximate surface area is 842 Å². The molecular weight excluding hydrogens is 1730 g/mol. The van der Waals surface area contributed by atoms with Crippen LogP contribution in [0.5, 0.6) is 0 Å². The lowest BCUT2D eigenvalue weighted by atomic mass is 9.88. The van der Waals surface area contributed by atoms with Crippen molar-refractivity contribution in [3.8, 4) is 96.1 Å². The van der Waals surface area contributed by atoms with Crippen LogP contribution in [0.2, 0.25) is 0 Å². The van der Waals surface area contributed by atoms with Crippen molar-refractivity contribution < 1.29 is 31.8 Å². The maximum Gasteiger partial charge on any atom is 0.294 e.